The van der Waals surface area contributed by atoms with Crippen molar-refractivity contribution in [1.82, 2.24) is 5.32 Å². The van der Waals surface area contributed by atoms with Crippen LogP contribution >= 0.6 is 0 Å². The quantitative estimate of drug-likeness (QED) is 0.877. The number of nitrogens with two attached hydrogens (primary N) is 1. The van der Waals surface area contributed by atoms with Crippen LogP contribution < -0.4 is 11.1 Å². The first kappa shape index (κ1) is 14.8. The van der Waals surface area contributed by atoms with Crippen LogP contribution in [0.3, 0.4) is 0 Å². The Morgan fingerprint density at radius 2 is 2.00 bits per heavy atom. The van der Waals surface area contributed by atoms with E-state index in [9.17, 15) is 18.0 Å². The molecule has 1 aromatic carbocycles. The Balaban J connectivity index is 2.18. The average molecular weight is 286 g/mol. The van der Waals surface area contributed by atoms with E-state index in [2.05, 4.69) is 5.32 Å². The van der Waals surface area contributed by atoms with Crippen LogP contribution in [0.2, 0.25) is 0 Å². The Bertz CT molecular complexity index is 511. The van der Waals surface area contributed by atoms with E-state index < -0.39 is 23.7 Å². The molecule has 0 bridgehead atoms. The van der Waals surface area contributed by atoms with Crippen LogP contribution in [0.4, 0.5) is 13.2 Å². The fourth-order valence-corrected chi connectivity index (χ4v) is 2.34. The summed E-state index contributed by atoms with van der Waals surface area (Å²) in [6.07, 6.45) is -2.45. The van der Waals surface area contributed by atoms with Crippen molar-refractivity contribution in [3.05, 3.63) is 35.4 Å². The molecule has 0 heterocycles. The van der Waals surface area contributed by atoms with Crippen molar-refractivity contribution in [1.29, 1.82) is 0 Å². The van der Waals surface area contributed by atoms with E-state index in [1.807, 2.05) is 24.3 Å². The van der Waals surface area contributed by atoms with Crippen LogP contribution in [0.1, 0.15) is 36.9 Å². The lowest BCUT2D eigenvalue weighted by molar-refractivity contribution is -0.187. The molecule has 0 radical (unpaired) electrons. The summed E-state index contributed by atoms with van der Waals surface area (Å²) < 4.78 is 38.2. The van der Waals surface area contributed by atoms with Gasteiger partial charge in [0.25, 0.3) is 0 Å². The summed E-state index contributed by atoms with van der Waals surface area (Å²) in [6, 6.07) is 7.05. The maximum atomic E-state index is 12.7. The maximum Gasteiger partial charge on any atom is 0.415 e. The molecule has 1 aromatic rings. The first-order chi connectivity index (χ1) is 9.23. The third kappa shape index (κ3) is 2.65. The van der Waals surface area contributed by atoms with Gasteiger partial charge in [0.05, 0.1) is 6.04 Å². The fraction of sp³-hybridized carbons (Fsp3) is 0.500. The van der Waals surface area contributed by atoms with Gasteiger partial charge in [-0.3, -0.25) is 4.79 Å². The number of nitrogens with one attached hydrogen (secondary N) is 1. The Labute approximate surface area is 115 Å². The van der Waals surface area contributed by atoms with Gasteiger partial charge in [-0.1, -0.05) is 24.3 Å². The van der Waals surface area contributed by atoms with Crippen molar-refractivity contribution in [2.24, 2.45) is 5.73 Å². The molecule has 0 aromatic heterocycles. The summed E-state index contributed by atoms with van der Waals surface area (Å²) >= 11 is 0. The number of hydrogen-bond donors (Lipinski definition) is 2. The molecule has 1 amide bonds. The summed E-state index contributed by atoms with van der Waals surface area (Å²) in [6.45, 7) is 0.692. The molecular weight excluding hydrogens is 269 g/mol. The molecule has 1 aliphatic rings. The minimum atomic E-state index is -4.77. The minimum Gasteiger partial charge on any atom is -0.347 e. The Hall–Kier alpha value is -1.56. The molecule has 0 saturated carbocycles. The molecule has 2 unspecified atom stereocenters. The number of halogens is 3. The van der Waals surface area contributed by atoms with Crippen LogP contribution in [0, 0.1) is 0 Å². The highest BCUT2D eigenvalue weighted by molar-refractivity contribution is 5.87. The largest absolute Gasteiger partial charge is 0.415 e. The minimum absolute atomic E-state index is 0.405. The first-order valence-electron chi connectivity index (χ1n) is 6.48. The lowest BCUT2D eigenvalue weighted by Crippen LogP contribution is -2.61. The van der Waals surface area contributed by atoms with Crippen molar-refractivity contribution in [3.8, 4) is 0 Å². The van der Waals surface area contributed by atoms with Crippen molar-refractivity contribution < 1.29 is 18.0 Å². The third-order valence-electron chi connectivity index (χ3n) is 3.74. The van der Waals surface area contributed by atoms with Gasteiger partial charge in [-0.05, 0) is 37.3 Å². The van der Waals surface area contributed by atoms with E-state index in [1.165, 1.54) is 0 Å². The molecule has 1 aliphatic carbocycles. The highest BCUT2D eigenvalue weighted by Crippen LogP contribution is 2.32. The van der Waals surface area contributed by atoms with E-state index in [-0.39, 0.29) is 0 Å². The number of benzene rings is 1. The molecule has 20 heavy (non-hydrogen) atoms. The van der Waals surface area contributed by atoms with Gasteiger partial charge in [0, 0.05) is 0 Å². The summed E-state index contributed by atoms with van der Waals surface area (Å²) in [4.78, 5) is 11.8. The second kappa shape index (κ2) is 5.09. The molecule has 110 valence electrons. The summed E-state index contributed by atoms with van der Waals surface area (Å²) in [5, 5.41) is 2.44. The van der Waals surface area contributed by atoms with Gasteiger partial charge in [0.15, 0.2) is 5.54 Å². The summed E-state index contributed by atoms with van der Waals surface area (Å²) in [5.74, 6) is -1.19. The molecule has 3 nitrogen and oxygen atoms in total. The number of carbonyl (C=O) groups is 1. The molecular formula is C14H17F3N2O. The van der Waals surface area contributed by atoms with Gasteiger partial charge in [0.2, 0.25) is 5.91 Å². The number of alkyl halides is 3. The molecule has 0 aliphatic heterocycles. The number of amides is 1. The molecule has 2 rings (SSSR count). The lowest BCUT2D eigenvalue weighted by Gasteiger charge is -2.31. The molecule has 0 saturated heterocycles. The van der Waals surface area contributed by atoms with Gasteiger partial charge < -0.3 is 11.1 Å². The standard InChI is InChI=1S/C14H17F3N2O/c1-13(18,14(15,16)17)12(20)19-11-8-4-6-9-5-2-3-7-10(9)11/h2-3,5,7,11H,4,6,8,18H2,1H3,(H,19,20). The Morgan fingerprint density at radius 1 is 1.35 bits per heavy atom. The average Bonchev–Trinajstić information content (AvgIpc) is 2.37. The number of fused-ring (bicyclic) bond motifs is 1. The van der Waals surface area contributed by atoms with Crippen molar-refractivity contribution in [2.75, 3.05) is 0 Å². The zero-order chi connectivity index (χ0) is 15.0. The second-order valence-corrected chi connectivity index (χ2v) is 5.32. The van der Waals surface area contributed by atoms with Crippen molar-refractivity contribution >= 4 is 5.91 Å². The number of aryl methyl sites for hydroxylation is 1. The van der Waals surface area contributed by atoms with Crippen molar-refractivity contribution in [2.45, 2.75) is 43.9 Å². The van der Waals surface area contributed by atoms with E-state index >= 15 is 0 Å². The predicted octanol–water partition coefficient (Wildman–Crippen LogP) is 2.46. The highest BCUT2D eigenvalue weighted by atomic mass is 19.4. The predicted molar refractivity (Wildman–Crippen MR) is 68.9 cm³/mol. The molecule has 2 atom stereocenters. The fourth-order valence-electron chi connectivity index (χ4n) is 2.34. The van der Waals surface area contributed by atoms with Gasteiger partial charge in [-0.2, -0.15) is 13.2 Å². The molecule has 6 heteroatoms. The maximum absolute atomic E-state index is 12.7. The van der Waals surface area contributed by atoms with Gasteiger partial charge in [0.1, 0.15) is 0 Å². The number of carbonyl (C=O) groups excluding carboxylic acids is 1. The normalized spacial score (nSPS) is 21.8. The van der Waals surface area contributed by atoms with Crippen LogP contribution in [-0.2, 0) is 11.2 Å². The first-order valence-corrected chi connectivity index (χ1v) is 6.48. The topological polar surface area (TPSA) is 55.1 Å². The van der Waals surface area contributed by atoms with Gasteiger partial charge in [-0.25, -0.2) is 0 Å². The monoisotopic (exact) mass is 286 g/mol. The van der Waals surface area contributed by atoms with Crippen LogP contribution in [-0.4, -0.2) is 17.6 Å². The van der Waals surface area contributed by atoms with E-state index in [4.69, 9.17) is 5.73 Å². The zero-order valence-corrected chi connectivity index (χ0v) is 11.1. The van der Waals surface area contributed by atoms with Crippen LogP contribution in [0.25, 0.3) is 0 Å². The molecule has 0 fully saturated rings. The lowest BCUT2D eigenvalue weighted by atomic mass is 9.87. The Morgan fingerprint density at radius 3 is 2.65 bits per heavy atom. The van der Waals surface area contributed by atoms with Crippen LogP contribution in [0.5, 0.6) is 0 Å². The zero-order valence-electron chi connectivity index (χ0n) is 11.1. The van der Waals surface area contributed by atoms with Crippen molar-refractivity contribution in [3.63, 3.8) is 0 Å². The number of rotatable bonds is 2. The van der Waals surface area contributed by atoms with E-state index in [0.29, 0.717) is 13.3 Å². The summed E-state index contributed by atoms with van der Waals surface area (Å²) in [7, 11) is 0. The second-order valence-electron chi connectivity index (χ2n) is 5.32. The summed E-state index contributed by atoms with van der Waals surface area (Å²) in [5.41, 5.74) is 4.21. The third-order valence-corrected chi connectivity index (χ3v) is 3.74. The highest BCUT2D eigenvalue weighted by Gasteiger charge is 2.54. The van der Waals surface area contributed by atoms with E-state index in [0.717, 1.165) is 24.0 Å². The smallest absolute Gasteiger partial charge is 0.347 e. The Kier molecular flexibility index (Phi) is 3.77. The number of hydrogen-bond acceptors (Lipinski definition) is 2. The van der Waals surface area contributed by atoms with Gasteiger partial charge >= 0.3 is 6.18 Å². The van der Waals surface area contributed by atoms with Gasteiger partial charge in [-0.15, -0.1) is 0 Å². The molecule has 3 N–H and O–H groups in total. The molecule has 0 spiro atoms. The van der Waals surface area contributed by atoms with Crippen LogP contribution in [0.15, 0.2) is 24.3 Å². The van der Waals surface area contributed by atoms with E-state index in [1.54, 1.807) is 0 Å². The SMILES string of the molecule is CC(N)(C(=O)NC1CCCc2ccccc21)C(F)(F)F.